The monoisotopic (exact) mass is 472 g/mol. The summed E-state index contributed by atoms with van der Waals surface area (Å²) in [5.74, 6) is -2.62. The number of aliphatic hydroxyl groups excluding tert-OH is 1. The fraction of sp³-hybridized carbons (Fsp3) is 0.111. The van der Waals surface area contributed by atoms with E-state index in [1.54, 1.807) is 60.7 Å². The molecule has 1 unspecified atom stereocenters. The molecular weight excluding hydrogens is 452 g/mol. The van der Waals surface area contributed by atoms with Crippen LogP contribution in [0.15, 0.2) is 91.2 Å². The zero-order valence-corrected chi connectivity index (χ0v) is 18.5. The first kappa shape index (κ1) is 22.4. The van der Waals surface area contributed by atoms with Crippen molar-refractivity contribution in [1.29, 1.82) is 0 Å². The van der Waals surface area contributed by atoms with Crippen LogP contribution in [0.5, 0.6) is 11.9 Å². The third-order valence-corrected chi connectivity index (χ3v) is 5.98. The van der Waals surface area contributed by atoms with Gasteiger partial charge in [-0.15, -0.1) is 0 Å². The van der Waals surface area contributed by atoms with Crippen molar-refractivity contribution >= 4 is 21.9 Å². The molecule has 0 saturated carbocycles. The van der Waals surface area contributed by atoms with Crippen molar-refractivity contribution in [3.63, 3.8) is 0 Å². The molecule has 3 aromatic carbocycles. The Morgan fingerprint density at radius 1 is 0.686 bits per heavy atom. The highest BCUT2D eigenvalue weighted by Crippen LogP contribution is 2.39. The average Bonchev–Trinajstić information content (AvgIpc) is 2.87. The summed E-state index contributed by atoms with van der Waals surface area (Å²) in [7, 11) is 1.35. The van der Waals surface area contributed by atoms with Crippen LogP contribution in [0, 0.1) is 0 Å². The van der Waals surface area contributed by atoms with Gasteiger partial charge in [0.05, 0.1) is 27.8 Å². The van der Waals surface area contributed by atoms with Crippen LogP contribution in [0.3, 0.4) is 0 Å². The number of ether oxygens (including phenoxy) is 1. The summed E-state index contributed by atoms with van der Waals surface area (Å²) >= 11 is 0. The molecular formula is C27H20O8. The molecule has 2 aromatic heterocycles. The second kappa shape index (κ2) is 8.75. The van der Waals surface area contributed by atoms with Crippen LogP contribution in [-0.4, -0.2) is 22.4 Å². The molecule has 8 nitrogen and oxygen atoms in total. The molecule has 0 bridgehead atoms. The van der Waals surface area contributed by atoms with E-state index in [1.807, 2.05) is 0 Å². The van der Waals surface area contributed by atoms with Gasteiger partial charge in [-0.25, -0.2) is 0 Å². The SMILES string of the molecule is COC(O)c1ccc(C(c2c(O)oc3ccccc3c2=O)c2c(O)oc3ccccc3c2=O)cc1. The van der Waals surface area contributed by atoms with Gasteiger partial charge in [0.25, 0.3) is 11.9 Å². The van der Waals surface area contributed by atoms with Crippen LogP contribution >= 0.6 is 0 Å². The molecule has 0 amide bonds. The molecule has 5 rings (SSSR count). The molecule has 35 heavy (non-hydrogen) atoms. The van der Waals surface area contributed by atoms with E-state index in [0.29, 0.717) is 11.1 Å². The third-order valence-electron chi connectivity index (χ3n) is 5.98. The highest BCUT2D eigenvalue weighted by atomic mass is 16.6. The minimum absolute atomic E-state index is 0.172. The molecule has 8 heteroatoms. The number of benzene rings is 3. The summed E-state index contributed by atoms with van der Waals surface area (Å²) in [6.07, 6.45) is -1.18. The zero-order chi connectivity index (χ0) is 24.7. The molecule has 2 heterocycles. The van der Waals surface area contributed by atoms with Gasteiger partial charge < -0.3 is 28.9 Å². The third kappa shape index (κ3) is 3.74. The maximum Gasteiger partial charge on any atom is 0.290 e. The van der Waals surface area contributed by atoms with Gasteiger partial charge in [0.1, 0.15) is 11.2 Å². The number of hydrogen-bond donors (Lipinski definition) is 3. The normalized spacial score (nSPS) is 12.4. The first-order chi connectivity index (χ1) is 16.9. The van der Waals surface area contributed by atoms with Gasteiger partial charge in [-0.05, 0) is 29.8 Å². The van der Waals surface area contributed by atoms with Crippen LogP contribution in [0.1, 0.15) is 34.5 Å². The fourth-order valence-corrected chi connectivity index (χ4v) is 4.27. The summed E-state index contributed by atoms with van der Waals surface area (Å²) in [5, 5.41) is 32.0. The Hall–Kier alpha value is -4.40. The maximum absolute atomic E-state index is 13.6. The highest BCUT2D eigenvalue weighted by Gasteiger charge is 2.32. The Labute approximate surface area is 197 Å². The Morgan fingerprint density at radius 2 is 1.11 bits per heavy atom. The molecule has 0 radical (unpaired) electrons. The van der Waals surface area contributed by atoms with E-state index in [-0.39, 0.29) is 33.1 Å². The number of methoxy groups -OCH3 is 1. The van der Waals surface area contributed by atoms with Crippen LogP contribution in [-0.2, 0) is 4.74 Å². The predicted octanol–water partition coefficient (Wildman–Crippen LogP) is 4.13. The Bertz CT molecular complexity index is 1560. The smallest absolute Gasteiger partial charge is 0.290 e. The maximum atomic E-state index is 13.6. The Kier molecular flexibility index (Phi) is 5.60. The molecule has 5 aromatic rings. The Balaban J connectivity index is 1.85. The predicted molar refractivity (Wildman–Crippen MR) is 128 cm³/mol. The largest absolute Gasteiger partial charge is 0.480 e. The molecule has 0 fully saturated rings. The number of aliphatic hydroxyl groups is 1. The molecule has 0 aliphatic carbocycles. The quantitative estimate of drug-likeness (QED) is 0.326. The lowest BCUT2D eigenvalue weighted by Gasteiger charge is -2.20. The number of aromatic hydroxyl groups is 2. The summed E-state index contributed by atoms with van der Waals surface area (Å²) in [6.45, 7) is 0. The van der Waals surface area contributed by atoms with Gasteiger partial charge in [0, 0.05) is 12.7 Å². The molecule has 1 atom stereocenters. The molecule has 176 valence electrons. The lowest BCUT2D eigenvalue weighted by Crippen LogP contribution is -2.22. The van der Waals surface area contributed by atoms with E-state index < -0.39 is 35.0 Å². The lowest BCUT2D eigenvalue weighted by atomic mass is 9.84. The average molecular weight is 472 g/mol. The van der Waals surface area contributed by atoms with Gasteiger partial charge in [-0.1, -0.05) is 48.5 Å². The van der Waals surface area contributed by atoms with Crippen LogP contribution in [0.25, 0.3) is 21.9 Å². The summed E-state index contributed by atoms with van der Waals surface area (Å²) in [6, 6.07) is 19.0. The minimum atomic E-state index is -1.24. The molecule has 3 N–H and O–H groups in total. The van der Waals surface area contributed by atoms with E-state index in [9.17, 15) is 24.9 Å². The van der Waals surface area contributed by atoms with Gasteiger partial charge >= 0.3 is 0 Å². The van der Waals surface area contributed by atoms with E-state index in [0.717, 1.165) is 0 Å². The van der Waals surface area contributed by atoms with Crippen molar-refractivity contribution in [3.05, 3.63) is 115 Å². The standard InChI is InChI=1S/C27H20O8/c1-33-25(30)15-12-10-14(11-13-15)20(21-23(28)16-6-2-4-8-18(16)34-26(21)31)22-24(29)17-7-3-5-9-19(17)35-27(22)32/h2-13,20,25,30-32H,1H3. The van der Waals surface area contributed by atoms with E-state index in [4.69, 9.17) is 13.6 Å². The molecule has 0 aliphatic rings. The van der Waals surface area contributed by atoms with Crippen molar-refractivity contribution in [3.8, 4) is 11.9 Å². The van der Waals surface area contributed by atoms with Crippen molar-refractivity contribution in [2.45, 2.75) is 12.2 Å². The number of fused-ring (bicyclic) bond motifs is 2. The lowest BCUT2D eigenvalue weighted by molar-refractivity contribution is -0.0769. The molecule has 0 spiro atoms. The highest BCUT2D eigenvalue weighted by molar-refractivity contribution is 5.80. The summed E-state index contributed by atoms with van der Waals surface area (Å²) < 4.78 is 16.0. The molecule has 0 aliphatic heterocycles. The van der Waals surface area contributed by atoms with Crippen LogP contribution in [0.2, 0.25) is 0 Å². The fourth-order valence-electron chi connectivity index (χ4n) is 4.27. The van der Waals surface area contributed by atoms with Crippen molar-refractivity contribution in [2.24, 2.45) is 0 Å². The summed E-state index contributed by atoms with van der Waals surface area (Å²) in [5.41, 5.74) is -0.461. The van der Waals surface area contributed by atoms with Gasteiger partial charge in [-0.2, -0.15) is 0 Å². The second-order valence-corrected chi connectivity index (χ2v) is 7.98. The second-order valence-electron chi connectivity index (χ2n) is 7.98. The topological polar surface area (TPSA) is 130 Å². The summed E-state index contributed by atoms with van der Waals surface area (Å²) in [4.78, 5) is 27.1. The van der Waals surface area contributed by atoms with Gasteiger partial charge in [0.2, 0.25) is 10.9 Å². The van der Waals surface area contributed by atoms with Crippen molar-refractivity contribution in [1.82, 2.24) is 0 Å². The van der Waals surface area contributed by atoms with Crippen molar-refractivity contribution < 1.29 is 28.9 Å². The minimum Gasteiger partial charge on any atom is -0.480 e. The van der Waals surface area contributed by atoms with Crippen LogP contribution < -0.4 is 10.9 Å². The number of hydrogen-bond acceptors (Lipinski definition) is 8. The van der Waals surface area contributed by atoms with Crippen molar-refractivity contribution in [2.75, 3.05) is 7.11 Å². The zero-order valence-electron chi connectivity index (χ0n) is 18.5. The van der Waals surface area contributed by atoms with Gasteiger partial charge in [0.15, 0.2) is 6.29 Å². The Morgan fingerprint density at radius 3 is 1.57 bits per heavy atom. The van der Waals surface area contributed by atoms with Crippen LogP contribution in [0.4, 0.5) is 0 Å². The first-order valence-corrected chi connectivity index (χ1v) is 10.7. The first-order valence-electron chi connectivity index (χ1n) is 10.7. The number of rotatable bonds is 5. The van der Waals surface area contributed by atoms with E-state index >= 15 is 0 Å². The molecule has 0 saturated heterocycles. The van der Waals surface area contributed by atoms with Gasteiger partial charge in [-0.3, -0.25) is 9.59 Å². The van der Waals surface area contributed by atoms with E-state index in [2.05, 4.69) is 0 Å². The number of para-hydroxylation sites is 2. The van der Waals surface area contributed by atoms with E-state index in [1.165, 1.54) is 19.2 Å².